The van der Waals surface area contributed by atoms with Crippen molar-refractivity contribution < 1.29 is 9.59 Å². The van der Waals surface area contributed by atoms with Crippen LogP contribution < -0.4 is 11.1 Å². The second-order valence-electron chi connectivity index (χ2n) is 4.24. The van der Waals surface area contributed by atoms with Gasteiger partial charge in [0.2, 0.25) is 0 Å². The number of Topliss-reactive ketones (excluding diaryl/α,β-unsaturated/α-hetero) is 1. The molecule has 1 aromatic carbocycles. The van der Waals surface area contributed by atoms with E-state index < -0.39 is 0 Å². The highest BCUT2D eigenvalue weighted by Gasteiger charge is 2.11. The highest BCUT2D eigenvalue weighted by atomic mass is 16.2. The van der Waals surface area contributed by atoms with Gasteiger partial charge in [0, 0.05) is 17.8 Å². The Bertz CT molecular complexity index is 618. The molecular formula is C13H15N5O2. The van der Waals surface area contributed by atoms with E-state index in [4.69, 9.17) is 5.73 Å². The Balaban J connectivity index is 2.04. The number of benzene rings is 1. The Kier molecular flexibility index (Phi) is 4.21. The fourth-order valence-corrected chi connectivity index (χ4v) is 1.63. The van der Waals surface area contributed by atoms with Crippen LogP contribution in [0.1, 0.15) is 27.8 Å². The average molecular weight is 273 g/mol. The lowest BCUT2D eigenvalue weighted by Gasteiger charge is -2.03. The van der Waals surface area contributed by atoms with Crippen molar-refractivity contribution >= 4 is 17.4 Å². The number of carbonyl (C=O) groups excluding carboxylic acids is 2. The van der Waals surface area contributed by atoms with Gasteiger partial charge in [-0.05, 0) is 31.2 Å². The number of carbonyl (C=O) groups is 2. The molecule has 7 nitrogen and oxygen atoms in total. The molecule has 7 heteroatoms. The Morgan fingerprint density at radius 3 is 2.60 bits per heavy atom. The number of ketones is 1. The summed E-state index contributed by atoms with van der Waals surface area (Å²) in [5.74, 6) is -0.378. The number of aromatic nitrogens is 3. The van der Waals surface area contributed by atoms with Gasteiger partial charge in [0.05, 0.1) is 12.7 Å². The molecule has 1 heterocycles. The van der Waals surface area contributed by atoms with Crippen molar-refractivity contribution in [2.75, 3.05) is 11.9 Å². The highest BCUT2D eigenvalue weighted by molar-refractivity contribution is 6.03. The van der Waals surface area contributed by atoms with E-state index in [-0.39, 0.29) is 17.4 Å². The van der Waals surface area contributed by atoms with Crippen LogP contribution in [0.5, 0.6) is 0 Å². The molecule has 0 saturated heterocycles. The van der Waals surface area contributed by atoms with Crippen LogP contribution in [0.25, 0.3) is 0 Å². The zero-order chi connectivity index (χ0) is 14.5. The molecule has 3 N–H and O–H groups in total. The largest absolute Gasteiger partial charge is 0.329 e. The third-order valence-electron chi connectivity index (χ3n) is 2.68. The smallest absolute Gasteiger partial charge is 0.277 e. The molecule has 0 atom stereocenters. The van der Waals surface area contributed by atoms with Gasteiger partial charge in [-0.1, -0.05) is 5.21 Å². The number of anilines is 1. The quantitative estimate of drug-likeness (QED) is 0.780. The third-order valence-corrected chi connectivity index (χ3v) is 2.68. The summed E-state index contributed by atoms with van der Waals surface area (Å²) in [5, 5.41) is 10.2. The summed E-state index contributed by atoms with van der Waals surface area (Å²) in [5.41, 5.74) is 6.79. The van der Waals surface area contributed by atoms with Gasteiger partial charge in [0.25, 0.3) is 5.91 Å². The second-order valence-corrected chi connectivity index (χ2v) is 4.24. The lowest BCUT2D eigenvalue weighted by molar-refractivity contribution is 0.101. The van der Waals surface area contributed by atoms with E-state index >= 15 is 0 Å². The number of nitrogens with two attached hydrogens (primary N) is 1. The summed E-state index contributed by atoms with van der Waals surface area (Å²) in [6.45, 7) is 2.42. The maximum Gasteiger partial charge on any atom is 0.277 e. The van der Waals surface area contributed by atoms with E-state index in [0.717, 1.165) is 0 Å². The van der Waals surface area contributed by atoms with E-state index in [2.05, 4.69) is 15.6 Å². The Labute approximate surface area is 115 Å². The molecule has 0 fully saturated rings. The fraction of sp³-hybridized carbons (Fsp3) is 0.231. The third kappa shape index (κ3) is 3.27. The van der Waals surface area contributed by atoms with Crippen LogP contribution in [0.2, 0.25) is 0 Å². The van der Waals surface area contributed by atoms with Crippen LogP contribution in [0.4, 0.5) is 5.69 Å². The molecule has 20 heavy (non-hydrogen) atoms. The molecule has 2 rings (SSSR count). The van der Waals surface area contributed by atoms with E-state index in [1.807, 2.05) is 0 Å². The van der Waals surface area contributed by atoms with E-state index in [1.54, 1.807) is 24.3 Å². The summed E-state index contributed by atoms with van der Waals surface area (Å²) in [4.78, 5) is 23.1. The summed E-state index contributed by atoms with van der Waals surface area (Å²) in [6.07, 6.45) is 1.53. The number of hydrogen-bond donors (Lipinski definition) is 2. The molecule has 0 aliphatic carbocycles. The minimum absolute atomic E-state index is 0.0207. The van der Waals surface area contributed by atoms with Crippen molar-refractivity contribution in [2.45, 2.75) is 13.5 Å². The van der Waals surface area contributed by atoms with Crippen molar-refractivity contribution in [1.82, 2.24) is 15.0 Å². The molecule has 104 valence electrons. The van der Waals surface area contributed by atoms with Gasteiger partial charge in [0.15, 0.2) is 11.5 Å². The van der Waals surface area contributed by atoms with Gasteiger partial charge < -0.3 is 11.1 Å². The van der Waals surface area contributed by atoms with Crippen molar-refractivity contribution in [3.05, 3.63) is 41.7 Å². The topological polar surface area (TPSA) is 103 Å². The Morgan fingerprint density at radius 2 is 2.00 bits per heavy atom. The van der Waals surface area contributed by atoms with Crippen molar-refractivity contribution in [3.63, 3.8) is 0 Å². The first-order valence-corrected chi connectivity index (χ1v) is 6.12. The normalized spacial score (nSPS) is 10.3. The predicted octanol–water partition coefficient (Wildman–Crippen LogP) is 0.692. The SMILES string of the molecule is CC(=O)c1ccc(NC(=O)c2cn(CCN)nn2)cc1. The van der Waals surface area contributed by atoms with Crippen LogP contribution in [0, 0.1) is 0 Å². The molecule has 0 saturated carbocycles. The maximum atomic E-state index is 11.9. The van der Waals surface area contributed by atoms with Crippen LogP contribution in [-0.2, 0) is 6.54 Å². The molecule has 0 aliphatic rings. The van der Waals surface area contributed by atoms with Crippen LogP contribution >= 0.6 is 0 Å². The molecule has 0 bridgehead atoms. The first-order chi connectivity index (χ1) is 9.60. The summed E-state index contributed by atoms with van der Waals surface area (Å²) < 4.78 is 1.51. The summed E-state index contributed by atoms with van der Waals surface area (Å²) in [6, 6.07) is 6.64. The monoisotopic (exact) mass is 273 g/mol. The molecule has 1 amide bonds. The molecule has 2 aromatic rings. The molecule has 0 aliphatic heterocycles. The van der Waals surface area contributed by atoms with Gasteiger partial charge >= 0.3 is 0 Å². The minimum Gasteiger partial charge on any atom is -0.329 e. The first kappa shape index (κ1) is 13.9. The number of nitrogens with one attached hydrogen (secondary N) is 1. The number of hydrogen-bond acceptors (Lipinski definition) is 5. The van der Waals surface area contributed by atoms with Gasteiger partial charge in [-0.2, -0.15) is 0 Å². The molecule has 0 spiro atoms. The minimum atomic E-state index is -0.358. The van der Waals surface area contributed by atoms with Gasteiger partial charge in [-0.25, -0.2) is 0 Å². The fourth-order valence-electron chi connectivity index (χ4n) is 1.63. The van der Waals surface area contributed by atoms with Gasteiger partial charge in [0.1, 0.15) is 0 Å². The van der Waals surface area contributed by atoms with E-state index in [9.17, 15) is 9.59 Å². The first-order valence-electron chi connectivity index (χ1n) is 6.12. The standard InChI is InChI=1S/C13H15N5O2/c1-9(19)10-2-4-11(5-3-10)15-13(20)12-8-18(7-6-14)17-16-12/h2-5,8H,6-7,14H2,1H3,(H,15,20). The van der Waals surface area contributed by atoms with Gasteiger partial charge in [-0.15, -0.1) is 5.10 Å². The van der Waals surface area contributed by atoms with Crippen molar-refractivity contribution in [2.24, 2.45) is 5.73 Å². The summed E-state index contributed by atoms with van der Waals surface area (Å²) >= 11 is 0. The molecule has 0 unspecified atom stereocenters. The Morgan fingerprint density at radius 1 is 1.30 bits per heavy atom. The lowest BCUT2D eigenvalue weighted by Crippen LogP contribution is -2.13. The second kappa shape index (κ2) is 6.07. The average Bonchev–Trinajstić information content (AvgIpc) is 2.88. The zero-order valence-corrected chi connectivity index (χ0v) is 11.0. The zero-order valence-electron chi connectivity index (χ0n) is 11.0. The Hall–Kier alpha value is -2.54. The molecule has 1 aromatic heterocycles. The van der Waals surface area contributed by atoms with Crippen molar-refractivity contribution in [3.8, 4) is 0 Å². The summed E-state index contributed by atoms with van der Waals surface area (Å²) in [7, 11) is 0. The van der Waals surface area contributed by atoms with Crippen LogP contribution in [-0.4, -0.2) is 33.2 Å². The van der Waals surface area contributed by atoms with E-state index in [1.165, 1.54) is 17.8 Å². The van der Waals surface area contributed by atoms with Crippen LogP contribution in [0.3, 0.4) is 0 Å². The number of amides is 1. The highest BCUT2D eigenvalue weighted by Crippen LogP contribution is 2.11. The lowest BCUT2D eigenvalue weighted by atomic mass is 10.1. The predicted molar refractivity (Wildman–Crippen MR) is 73.5 cm³/mol. The van der Waals surface area contributed by atoms with E-state index in [0.29, 0.717) is 24.3 Å². The molecule has 0 radical (unpaired) electrons. The van der Waals surface area contributed by atoms with Crippen LogP contribution in [0.15, 0.2) is 30.5 Å². The number of nitrogens with zero attached hydrogens (tertiary/aromatic N) is 3. The van der Waals surface area contributed by atoms with Crippen molar-refractivity contribution in [1.29, 1.82) is 0 Å². The van der Waals surface area contributed by atoms with Gasteiger partial charge in [-0.3, -0.25) is 14.3 Å². The molecular weight excluding hydrogens is 258 g/mol. The number of rotatable bonds is 5. The maximum absolute atomic E-state index is 11.9.